The fraction of sp³-hybridized carbons (Fsp3) is 0.217. The molecular weight excluding hydrogens is 336 g/mol. The molecule has 27 heavy (non-hydrogen) atoms. The van der Waals surface area contributed by atoms with Gasteiger partial charge in [-0.2, -0.15) is 0 Å². The molecule has 0 fully saturated rings. The van der Waals surface area contributed by atoms with E-state index in [1.54, 1.807) is 6.07 Å². The van der Waals surface area contributed by atoms with Crippen LogP contribution in [0.1, 0.15) is 29.3 Å². The summed E-state index contributed by atoms with van der Waals surface area (Å²) in [5.41, 5.74) is 6.34. The van der Waals surface area contributed by atoms with Gasteiger partial charge in [0.2, 0.25) is 0 Å². The van der Waals surface area contributed by atoms with Crippen molar-refractivity contribution >= 4 is 27.8 Å². The van der Waals surface area contributed by atoms with Crippen LogP contribution < -0.4 is 0 Å². The van der Waals surface area contributed by atoms with Gasteiger partial charge >= 0.3 is 5.97 Å². The lowest BCUT2D eigenvalue weighted by Gasteiger charge is -2.19. The van der Waals surface area contributed by atoms with Crippen molar-refractivity contribution in [3.63, 3.8) is 0 Å². The molecule has 0 atom stereocenters. The van der Waals surface area contributed by atoms with Crippen LogP contribution in [-0.2, 0) is 17.7 Å². The highest BCUT2D eigenvalue weighted by atomic mass is 16.5. The number of hydrogen-bond donors (Lipinski definition) is 0. The van der Waals surface area contributed by atoms with E-state index in [-0.39, 0.29) is 5.97 Å². The van der Waals surface area contributed by atoms with Gasteiger partial charge < -0.3 is 9.30 Å². The molecule has 1 aliphatic heterocycles. The van der Waals surface area contributed by atoms with Crippen molar-refractivity contribution in [3.05, 3.63) is 65.9 Å². The molecule has 0 N–H and O–H groups in total. The summed E-state index contributed by atoms with van der Waals surface area (Å²) < 4.78 is 7.57. The highest BCUT2D eigenvalue weighted by Gasteiger charge is 2.22. The largest absolute Gasteiger partial charge is 0.462 e. The van der Waals surface area contributed by atoms with Crippen molar-refractivity contribution in [2.24, 2.45) is 0 Å². The number of ether oxygens (including phenoxy) is 1. The molecule has 134 valence electrons. The van der Waals surface area contributed by atoms with E-state index in [2.05, 4.69) is 28.8 Å². The number of rotatable bonds is 3. The Morgan fingerprint density at radius 2 is 2.04 bits per heavy atom. The first-order chi connectivity index (χ1) is 13.3. The van der Waals surface area contributed by atoms with E-state index in [1.165, 1.54) is 27.4 Å². The standard InChI is InChI=1S/C23H20N2O2/c1-2-27-23(26)16-8-5-7-15(13-16)21-18-10-6-12-25-20-11-4-3-9-17(20)19(14-24-21)22(18)25/h3-5,7-9,11,13-14H,2,6,10,12H2,1H3. The second kappa shape index (κ2) is 6.23. The van der Waals surface area contributed by atoms with E-state index < -0.39 is 0 Å². The Bertz CT molecular complexity index is 1190. The summed E-state index contributed by atoms with van der Waals surface area (Å²) in [5, 5.41) is 2.47. The molecule has 2 aromatic heterocycles. The lowest BCUT2D eigenvalue weighted by molar-refractivity contribution is 0.0526. The lowest BCUT2D eigenvalue weighted by Crippen LogP contribution is -2.09. The zero-order valence-corrected chi connectivity index (χ0v) is 15.2. The Labute approximate surface area is 157 Å². The van der Waals surface area contributed by atoms with Crippen LogP contribution in [0.5, 0.6) is 0 Å². The van der Waals surface area contributed by atoms with Gasteiger partial charge in [0, 0.05) is 40.2 Å². The fourth-order valence-corrected chi connectivity index (χ4v) is 4.25. The summed E-state index contributed by atoms with van der Waals surface area (Å²) in [5.74, 6) is -0.289. The Kier molecular flexibility index (Phi) is 3.71. The van der Waals surface area contributed by atoms with E-state index in [0.29, 0.717) is 12.2 Å². The molecule has 0 amide bonds. The summed E-state index contributed by atoms with van der Waals surface area (Å²) in [4.78, 5) is 17.0. The quantitative estimate of drug-likeness (QED) is 0.486. The maximum atomic E-state index is 12.1. The minimum absolute atomic E-state index is 0.289. The Balaban J connectivity index is 1.74. The number of para-hydroxylation sites is 1. The average Bonchev–Trinajstić information content (AvgIpc) is 3.05. The van der Waals surface area contributed by atoms with Crippen molar-refractivity contribution < 1.29 is 9.53 Å². The van der Waals surface area contributed by atoms with Gasteiger partial charge in [-0.1, -0.05) is 30.3 Å². The van der Waals surface area contributed by atoms with Crippen LogP contribution in [-0.4, -0.2) is 22.1 Å². The van der Waals surface area contributed by atoms with E-state index in [1.807, 2.05) is 31.3 Å². The van der Waals surface area contributed by atoms with Crippen LogP contribution in [0.15, 0.2) is 54.7 Å². The molecule has 4 nitrogen and oxygen atoms in total. The third kappa shape index (κ3) is 2.44. The van der Waals surface area contributed by atoms with Gasteiger partial charge in [-0.3, -0.25) is 4.98 Å². The zero-order valence-electron chi connectivity index (χ0n) is 15.2. The molecule has 0 radical (unpaired) electrons. The van der Waals surface area contributed by atoms with Crippen molar-refractivity contribution in [1.82, 2.24) is 9.55 Å². The number of carbonyl (C=O) groups excluding carboxylic acids is 1. The Hall–Kier alpha value is -3.14. The first kappa shape index (κ1) is 16.1. The first-order valence-corrected chi connectivity index (χ1v) is 9.44. The van der Waals surface area contributed by atoms with Crippen molar-refractivity contribution in [2.75, 3.05) is 6.61 Å². The van der Waals surface area contributed by atoms with Crippen LogP contribution in [0.4, 0.5) is 0 Å². The maximum Gasteiger partial charge on any atom is 0.338 e. The smallest absolute Gasteiger partial charge is 0.338 e. The zero-order chi connectivity index (χ0) is 18.4. The molecule has 4 heteroatoms. The van der Waals surface area contributed by atoms with Gasteiger partial charge in [-0.15, -0.1) is 0 Å². The third-order valence-corrected chi connectivity index (χ3v) is 5.36. The second-order valence-electron chi connectivity index (χ2n) is 6.92. The number of aryl methyl sites for hydroxylation is 2. The summed E-state index contributed by atoms with van der Waals surface area (Å²) in [6.45, 7) is 3.22. The molecule has 0 saturated carbocycles. The predicted octanol–water partition coefficient (Wildman–Crippen LogP) is 4.98. The SMILES string of the molecule is CCOC(=O)c1cccc(-c2ncc3c4ccccc4n4c3c2CCC4)c1. The molecular formula is C23H20N2O2. The molecule has 0 saturated heterocycles. The molecule has 0 aliphatic carbocycles. The fourth-order valence-electron chi connectivity index (χ4n) is 4.25. The molecule has 1 aliphatic rings. The number of aromatic nitrogens is 2. The van der Waals surface area contributed by atoms with Crippen molar-refractivity contribution in [2.45, 2.75) is 26.3 Å². The highest BCUT2D eigenvalue weighted by molar-refractivity contribution is 6.10. The molecule has 0 spiro atoms. The Morgan fingerprint density at radius 3 is 2.93 bits per heavy atom. The van der Waals surface area contributed by atoms with Gasteiger partial charge in [0.05, 0.1) is 23.4 Å². The normalized spacial score (nSPS) is 13.2. The van der Waals surface area contributed by atoms with E-state index in [4.69, 9.17) is 9.72 Å². The summed E-state index contributed by atoms with van der Waals surface area (Å²) in [7, 11) is 0. The molecule has 2 aromatic carbocycles. The van der Waals surface area contributed by atoms with Crippen LogP contribution in [0, 0.1) is 0 Å². The first-order valence-electron chi connectivity index (χ1n) is 9.44. The van der Waals surface area contributed by atoms with Gasteiger partial charge in [0.25, 0.3) is 0 Å². The average molecular weight is 356 g/mol. The predicted molar refractivity (Wildman–Crippen MR) is 107 cm³/mol. The minimum Gasteiger partial charge on any atom is -0.462 e. The van der Waals surface area contributed by atoms with E-state index in [9.17, 15) is 4.79 Å². The Morgan fingerprint density at radius 1 is 1.15 bits per heavy atom. The number of fused-ring (bicyclic) bond motifs is 3. The lowest BCUT2D eigenvalue weighted by atomic mass is 9.97. The number of carbonyl (C=O) groups is 1. The van der Waals surface area contributed by atoms with Gasteiger partial charge in [-0.05, 0) is 38.0 Å². The summed E-state index contributed by atoms with van der Waals surface area (Å²) >= 11 is 0. The molecule has 0 unspecified atom stereocenters. The minimum atomic E-state index is -0.289. The van der Waals surface area contributed by atoms with Gasteiger partial charge in [0.1, 0.15) is 0 Å². The van der Waals surface area contributed by atoms with Crippen molar-refractivity contribution in [3.8, 4) is 11.3 Å². The van der Waals surface area contributed by atoms with Gasteiger partial charge in [0.15, 0.2) is 0 Å². The molecule has 5 rings (SSSR count). The maximum absolute atomic E-state index is 12.1. The number of pyridine rings is 1. The van der Waals surface area contributed by atoms with Crippen molar-refractivity contribution in [1.29, 1.82) is 0 Å². The number of nitrogens with zero attached hydrogens (tertiary/aromatic N) is 2. The topological polar surface area (TPSA) is 44.1 Å². The number of benzene rings is 2. The molecule has 0 bridgehead atoms. The van der Waals surface area contributed by atoms with E-state index >= 15 is 0 Å². The molecule has 4 aromatic rings. The van der Waals surface area contributed by atoms with Crippen LogP contribution in [0.2, 0.25) is 0 Å². The number of hydrogen-bond acceptors (Lipinski definition) is 3. The monoisotopic (exact) mass is 356 g/mol. The molecule has 3 heterocycles. The van der Waals surface area contributed by atoms with Crippen LogP contribution >= 0.6 is 0 Å². The highest BCUT2D eigenvalue weighted by Crippen LogP contribution is 2.38. The number of esters is 1. The second-order valence-corrected chi connectivity index (χ2v) is 6.92. The summed E-state index contributed by atoms with van der Waals surface area (Å²) in [6.07, 6.45) is 4.08. The third-order valence-electron chi connectivity index (χ3n) is 5.36. The van der Waals surface area contributed by atoms with Crippen LogP contribution in [0.25, 0.3) is 33.1 Å². The van der Waals surface area contributed by atoms with E-state index in [0.717, 1.165) is 30.6 Å². The van der Waals surface area contributed by atoms with Gasteiger partial charge in [-0.25, -0.2) is 4.79 Å². The summed E-state index contributed by atoms with van der Waals surface area (Å²) in [6, 6.07) is 16.1. The van der Waals surface area contributed by atoms with Crippen LogP contribution in [0.3, 0.4) is 0 Å².